The minimum Gasteiger partial charge on any atom is -0.465 e. The van der Waals surface area contributed by atoms with Gasteiger partial charge in [0.15, 0.2) is 0 Å². The molecule has 0 atom stereocenters. The molecule has 0 saturated heterocycles. The number of methoxy groups -OCH3 is 1. The molecule has 0 unspecified atom stereocenters. The monoisotopic (exact) mass is 355 g/mol. The zero-order chi connectivity index (χ0) is 15.4. The van der Waals surface area contributed by atoms with Gasteiger partial charge in [-0.05, 0) is 17.7 Å². The number of hydrogen-bond donors (Lipinski definition) is 1. The second-order valence-corrected chi connectivity index (χ2v) is 5.10. The Hall–Kier alpha value is -1.95. The SMILES string of the molecule is COC(=O)c1cc(NCc2ccccc2Br)c(F)cc1F. The van der Waals surface area contributed by atoms with Gasteiger partial charge in [-0.2, -0.15) is 0 Å². The van der Waals surface area contributed by atoms with Gasteiger partial charge in [-0.3, -0.25) is 0 Å². The average Bonchev–Trinajstić information content (AvgIpc) is 2.47. The summed E-state index contributed by atoms with van der Waals surface area (Å²) in [4.78, 5) is 11.4. The van der Waals surface area contributed by atoms with Crippen molar-refractivity contribution in [1.29, 1.82) is 0 Å². The molecule has 0 radical (unpaired) electrons. The van der Waals surface area contributed by atoms with Crippen molar-refractivity contribution in [3.05, 3.63) is 63.6 Å². The number of rotatable bonds is 4. The van der Waals surface area contributed by atoms with Crippen molar-refractivity contribution in [3.8, 4) is 0 Å². The topological polar surface area (TPSA) is 38.3 Å². The van der Waals surface area contributed by atoms with Crippen molar-refractivity contribution < 1.29 is 18.3 Å². The fourth-order valence-electron chi connectivity index (χ4n) is 1.78. The fraction of sp³-hybridized carbons (Fsp3) is 0.133. The van der Waals surface area contributed by atoms with Crippen molar-refractivity contribution in [1.82, 2.24) is 0 Å². The number of hydrogen-bond acceptors (Lipinski definition) is 3. The van der Waals surface area contributed by atoms with Gasteiger partial charge in [0.2, 0.25) is 0 Å². The van der Waals surface area contributed by atoms with Crippen LogP contribution in [0.25, 0.3) is 0 Å². The molecule has 0 saturated carbocycles. The zero-order valence-electron chi connectivity index (χ0n) is 11.1. The Labute approximate surface area is 129 Å². The van der Waals surface area contributed by atoms with E-state index in [0.717, 1.165) is 23.2 Å². The molecule has 21 heavy (non-hydrogen) atoms. The Morgan fingerprint density at radius 2 is 1.95 bits per heavy atom. The maximum Gasteiger partial charge on any atom is 0.340 e. The highest BCUT2D eigenvalue weighted by Gasteiger charge is 2.16. The smallest absolute Gasteiger partial charge is 0.340 e. The predicted octanol–water partition coefficient (Wildman–Crippen LogP) is 4.13. The van der Waals surface area contributed by atoms with Crippen LogP contribution >= 0.6 is 15.9 Å². The number of nitrogens with one attached hydrogen (secondary N) is 1. The van der Waals surface area contributed by atoms with Crippen LogP contribution in [-0.2, 0) is 11.3 Å². The summed E-state index contributed by atoms with van der Waals surface area (Å²) in [5.41, 5.74) is 0.627. The van der Waals surface area contributed by atoms with Crippen LogP contribution in [0.4, 0.5) is 14.5 Å². The lowest BCUT2D eigenvalue weighted by molar-refractivity contribution is 0.0595. The number of carbonyl (C=O) groups is 1. The van der Waals surface area contributed by atoms with Crippen LogP contribution in [0.15, 0.2) is 40.9 Å². The summed E-state index contributed by atoms with van der Waals surface area (Å²) < 4.78 is 32.6. The normalized spacial score (nSPS) is 10.3. The first-order valence-corrected chi connectivity index (χ1v) is 6.87. The third-order valence-electron chi connectivity index (χ3n) is 2.89. The summed E-state index contributed by atoms with van der Waals surface area (Å²) in [5.74, 6) is -2.57. The molecule has 0 aromatic heterocycles. The molecule has 0 fully saturated rings. The molecular weight excluding hydrogens is 344 g/mol. The van der Waals surface area contributed by atoms with Crippen LogP contribution < -0.4 is 5.32 Å². The second-order valence-electron chi connectivity index (χ2n) is 4.25. The third kappa shape index (κ3) is 3.58. The van der Waals surface area contributed by atoms with Crippen molar-refractivity contribution in [2.45, 2.75) is 6.54 Å². The van der Waals surface area contributed by atoms with Gasteiger partial charge in [0.25, 0.3) is 0 Å². The molecule has 0 bridgehead atoms. The highest BCUT2D eigenvalue weighted by molar-refractivity contribution is 9.10. The minimum absolute atomic E-state index is 0.0348. The fourth-order valence-corrected chi connectivity index (χ4v) is 2.21. The van der Waals surface area contributed by atoms with Crippen molar-refractivity contribution in [3.63, 3.8) is 0 Å². The van der Waals surface area contributed by atoms with E-state index in [1.54, 1.807) is 0 Å². The largest absolute Gasteiger partial charge is 0.465 e. The predicted molar refractivity (Wildman–Crippen MR) is 79.2 cm³/mol. The molecule has 2 rings (SSSR count). The van der Waals surface area contributed by atoms with Gasteiger partial charge in [-0.15, -0.1) is 0 Å². The Kier molecular flexibility index (Phi) is 4.90. The van der Waals surface area contributed by atoms with Gasteiger partial charge >= 0.3 is 5.97 Å². The standard InChI is InChI=1S/C15H12BrF2NO2/c1-21-15(20)10-6-14(13(18)7-12(10)17)19-8-9-4-2-3-5-11(9)16/h2-7,19H,8H2,1H3. The molecular formula is C15H12BrF2NO2. The van der Waals surface area contributed by atoms with E-state index in [2.05, 4.69) is 26.0 Å². The summed E-state index contributed by atoms with van der Waals surface area (Å²) in [6.07, 6.45) is 0. The number of esters is 1. The van der Waals surface area contributed by atoms with Gasteiger partial charge in [0.1, 0.15) is 11.6 Å². The molecule has 110 valence electrons. The second kappa shape index (κ2) is 6.67. The maximum atomic E-state index is 13.7. The summed E-state index contributed by atoms with van der Waals surface area (Å²) in [6.45, 7) is 0.324. The molecule has 0 amide bonds. The van der Waals surface area contributed by atoms with Crippen molar-refractivity contribution >= 4 is 27.6 Å². The quantitative estimate of drug-likeness (QED) is 0.838. The first-order chi connectivity index (χ1) is 10.0. The van der Waals surface area contributed by atoms with Crippen LogP contribution in [-0.4, -0.2) is 13.1 Å². The molecule has 6 heteroatoms. The van der Waals surface area contributed by atoms with Gasteiger partial charge in [0, 0.05) is 17.1 Å². The molecule has 2 aromatic rings. The number of halogens is 3. The van der Waals surface area contributed by atoms with Gasteiger partial charge in [-0.25, -0.2) is 13.6 Å². The van der Waals surface area contributed by atoms with E-state index in [-0.39, 0.29) is 11.3 Å². The number of carbonyl (C=O) groups excluding carboxylic acids is 1. The van der Waals surface area contributed by atoms with Crippen LogP contribution in [0, 0.1) is 11.6 Å². The van der Waals surface area contributed by atoms with E-state index in [1.807, 2.05) is 24.3 Å². The van der Waals surface area contributed by atoms with Crippen LogP contribution in [0.1, 0.15) is 15.9 Å². The van der Waals surface area contributed by atoms with Crippen molar-refractivity contribution in [2.24, 2.45) is 0 Å². The first-order valence-electron chi connectivity index (χ1n) is 6.07. The van der Waals surface area contributed by atoms with E-state index in [0.29, 0.717) is 12.6 Å². The van der Waals surface area contributed by atoms with E-state index in [4.69, 9.17) is 0 Å². The lowest BCUT2D eigenvalue weighted by atomic mass is 10.1. The molecule has 0 aliphatic heterocycles. The summed E-state index contributed by atoms with van der Waals surface area (Å²) in [7, 11) is 1.14. The number of benzene rings is 2. The molecule has 0 spiro atoms. The molecule has 0 aliphatic rings. The molecule has 3 nitrogen and oxygen atoms in total. The van der Waals surface area contributed by atoms with Gasteiger partial charge in [0.05, 0.1) is 18.4 Å². The van der Waals surface area contributed by atoms with E-state index in [1.165, 1.54) is 0 Å². The summed E-state index contributed by atoms with van der Waals surface area (Å²) in [5, 5.41) is 2.84. The average molecular weight is 356 g/mol. The maximum absolute atomic E-state index is 13.7. The van der Waals surface area contributed by atoms with E-state index in [9.17, 15) is 13.6 Å². The Morgan fingerprint density at radius 1 is 1.24 bits per heavy atom. The van der Waals surface area contributed by atoms with Crippen LogP contribution in [0.5, 0.6) is 0 Å². The molecule has 2 aromatic carbocycles. The first kappa shape index (κ1) is 15.4. The Balaban J connectivity index is 2.24. The number of anilines is 1. The van der Waals surface area contributed by atoms with Gasteiger partial charge < -0.3 is 10.1 Å². The highest BCUT2D eigenvalue weighted by Crippen LogP contribution is 2.22. The van der Waals surface area contributed by atoms with Gasteiger partial charge in [-0.1, -0.05) is 34.1 Å². The van der Waals surface area contributed by atoms with E-state index < -0.39 is 17.6 Å². The van der Waals surface area contributed by atoms with Crippen LogP contribution in [0.2, 0.25) is 0 Å². The lowest BCUT2D eigenvalue weighted by Crippen LogP contribution is -2.08. The Morgan fingerprint density at radius 3 is 2.62 bits per heavy atom. The lowest BCUT2D eigenvalue weighted by Gasteiger charge is -2.11. The summed E-state index contributed by atoms with van der Waals surface area (Å²) in [6, 6.07) is 9.20. The highest BCUT2D eigenvalue weighted by atomic mass is 79.9. The van der Waals surface area contributed by atoms with Crippen molar-refractivity contribution in [2.75, 3.05) is 12.4 Å². The molecule has 0 heterocycles. The molecule has 0 aliphatic carbocycles. The third-order valence-corrected chi connectivity index (χ3v) is 3.66. The van der Waals surface area contributed by atoms with E-state index >= 15 is 0 Å². The summed E-state index contributed by atoms with van der Waals surface area (Å²) >= 11 is 3.38. The Bertz CT molecular complexity index is 677. The number of ether oxygens (including phenoxy) is 1. The minimum atomic E-state index is -0.953. The zero-order valence-corrected chi connectivity index (χ0v) is 12.7. The van der Waals surface area contributed by atoms with Crippen LogP contribution in [0.3, 0.4) is 0 Å². The molecule has 1 N–H and O–H groups in total.